The molecular formula is C17H28N2O2S. The maximum absolute atomic E-state index is 12.3. The first kappa shape index (κ1) is 18.8. The Morgan fingerprint density at radius 2 is 2.09 bits per heavy atom. The van der Waals surface area contributed by atoms with Gasteiger partial charge in [-0.15, -0.1) is 0 Å². The van der Waals surface area contributed by atoms with E-state index < -0.39 is 0 Å². The van der Waals surface area contributed by atoms with E-state index in [1.807, 2.05) is 37.7 Å². The Labute approximate surface area is 138 Å². The molecule has 0 bridgehead atoms. The summed E-state index contributed by atoms with van der Waals surface area (Å²) >= 11 is 1.89. The molecule has 1 aromatic rings. The van der Waals surface area contributed by atoms with Gasteiger partial charge >= 0.3 is 6.03 Å². The zero-order valence-corrected chi connectivity index (χ0v) is 14.9. The molecule has 1 rings (SSSR count). The van der Waals surface area contributed by atoms with Gasteiger partial charge in [0.2, 0.25) is 0 Å². The third-order valence-electron chi connectivity index (χ3n) is 3.41. The van der Waals surface area contributed by atoms with Gasteiger partial charge in [-0.2, -0.15) is 11.8 Å². The highest BCUT2D eigenvalue weighted by Crippen LogP contribution is 2.25. The molecule has 5 heteroatoms. The Hall–Kier alpha value is -1.20. The third kappa shape index (κ3) is 5.89. The number of hydrogen-bond acceptors (Lipinski definition) is 3. The number of aliphatic hydroxyl groups excluding tert-OH is 1. The van der Waals surface area contributed by atoms with E-state index in [-0.39, 0.29) is 12.6 Å². The van der Waals surface area contributed by atoms with Gasteiger partial charge in [0.15, 0.2) is 0 Å². The van der Waals surface area contributed by atoms with Gasteiger partial charge in [-0.25, -0.2) is 4.79 Å². The van der Waals surface area contributed by atoms with Gasteiger partial charge in [-0.1, -0.05) is 32.9 Å². The predicted molar refractivity (Wildman–Crippen MR) is 95.6 cm³/mol. The highest BCUT2D eigenvalue weighted by Gasteiger charge is 2.14. The predicted octanol–water partition coefficient (Wildman–Crippen LogP) is 3.87. The molecule has 0 saturated carbocycles. The lowest BCUT2D eigenvalue weighted by Crippen LogP contribution is -2.37. The molecule has 0 aliphatic heterocycles. The number of nitrogens with one attached hydrogen (secondary N) is 1. The smallest absolute Gasteiger partial charge is 0.321 e. The molecule has 0 aliphatic rings. The number of urea groups is 1. The molecule has 0 aliphatic carbocycles. The van der Waals surface area contributed by atoms with E-state index in [1.54, 1.807) is 4.90 Å². The molecule has 0 saturated heterocycles. The van der Waals surface area contributed by atoms with Crippen molar-refractivity contribution in [2.24, 2.45) is 0 Å². The second-order valence-electron chi connectivity index (χ2n) is 5.59. The number of carbonyl (C=O) groups excluding carboxylic acids is 1. The Kier molecular flexibility index (Phi) is 8.35. The maximum Gasteiger partial charge on any atom is 0.321 e. The lowest BCUT2D eigenvalue weighted by atomic mass is 10.1. The van der Waals surface area contributed by atoms with Crippen LogP contribution in [0.1, 0.15) is 38.3 Å². The van der Waals surface area contributed by atoms with Crippen molar-refractivity contribution in [2.75, 3.05) is 25.0 Å². The summed E-state index contributed by atoms with van der Waals surface area (Å²) in [5.74, 6) is 0.947. The fourth-order valence-electron chi connectivity index (χ4n) is 2.13. The largest absolute Gasteiger partial charge is 0.395 e. The molecule has 0 spiro atoms. The van der Waals surface area contributed by atoms with Crippen LogP contribution in [0, 0.1) is 6.92 Å². The third-order valence-corrected chi connectivity index (χ3v) is 4.55. The second-order valence-corrected chi connectivity index (χ2v) is 7.16. The van der Waals surface area contributed by atoms with Gasteiger partial charge in [0.1, 0.15) is 0 Å². The minimum absolute atomic E-state index is 0.0164. The normalized spacial score (nSPS) is 10.8. The fraction of sp³-hybridized carbons (Fsp3) is 0.588. The number of carbonyl (C=O) groups is 1. The van der Waals surface area contributed by atoms with Crippen molar-refractivity contribution in [1.82, 2.24) is 4.90 Å². The van der Waals surface area contributed by atoms with Crippen molar-refractivity contribution in [1.29, 1.82) is 0 Å². The molecule has 0 atom stereocenters. The summed E-state index contributed by atoms with van der Waals surface area (Å²) in [5.41, 5.74) is 3.22. The zero-order chi connectivity index (χ0) is 16.5. The van der Waals surface area contributed by atoms with E-state index >= 15 is 0 Å². The quantitative estimate of drug-likeness (QED) is 0.763. The average Bonchev–Trinajstić information content (AvgIpc) is 2.47. The van der Waals surface area contributed by atoms with Crippen LogP contribution >= 0.6 is 11.8 Å². The SMILES string of the molecule is CCCN(CCO)C(=O)Nc1cccc(CSC(C)C)c1C. The minimum atomic E-state index is -0.146. The first-order valence-corrected chi connectivity index (χ1v) is 8.91. The lowest BCUT2D eigenvalue weighted by Gasteiger charge is -2.22. The highest BCUT2D eigenvalue weighted by molar-refractivity contribution is 7.99. The van der Waals surface area contributed by atoms with E-state index in [2.05, 4.69) is 25.2 Å². The Morgan fingerprint density at radius 1 is 1.36 bits per heavy atom. The molecule has 0 heterocycles. The lowest BCUT2D eigenvalue weighted by molar-refractivity contribution is 0.188. The van der Waals surface area contributed by atoms with Crippen LogP contribution < -0.4 is 5.32 Å². The summed E-state index contributed by atoms with van der Waals surface area (Å²) in [6, 6.07) is 5.87. The van der Waals surface area contributed by atoms with Crippen LogP contribution in [-0.4, -0.2) is 41.0 Å². The molecule has 0 fully saturated rings. The van der Waals surface area contributed by atoms with Gasteiger partial charge in [-0.05, 0) is 35.8 Å². The fourth-order valence-corrected chi connectivity index (χ4v) is 2.96. The number of amides is 2. The van der Waals surface area contributed by atoms with E-state index in [0.717, 1.165) is 23.4 Å². The van der Waals surface area contributed by atoms with E-state index in [1.165, 1.54) is 5.56 Å². The van der Waals surface area contributed by atoms with Gasteiger partial charge in [-0.3, -0.25) is 0 Å². The molecule has 4 nitrogen and oxygen atoms in total. The van der Waals surface area contributed by atoms with Gasteiger partial charge in [0.05, 0.1) is 6.61 Å². The van der Waals surface area contributed by atoms with Gasteiger partial charge in [0.25, 0.3) is 0 Å². The van der Waals surface area contributed by atoms with Crippen molar-refractivity contribution < 1.29 is 9.90 Å². The van der Waals surface area contributed by atoms with E-state index in [4.69, 9.17) is 5.11 Å². The summed E-state index contributed by atoms with van der Waals surface area (Å²) in [6.45, 7) is 9.43. The average molecular weight is 324 g/mol. The number of anilines is 1. The molecule has 124 valence electrons. The standard InChI is InChI=1S/C17H28N2O2S/c1-5-9-19(10-11-20)17(21)18-16-8-6-7-15(14(16)4)12-22-13(2)3/h6-8,13,20H,5,9-12H2,1-4H3,(H,18,21). The first-order chi connectivity index (χ1) is 10.5. The summed E-state index contributed by atoms with van der Waals surface area (Å²) in [7, 11) is 0. The molecule has 2 N–H and O–H groups in total. The summed E-state index contributed by atoms with van der Waals surface area (Å²) in [5, 5.41) is 12.6. The molecule has 22 heavy (non-hydrogen) atoms. The minimum Gasteiger partial charge on any atom is -0.395 e. The van der Waals surface area contributed by atoms with Crippen molar-refractivity contribution in [3.05, 3.63) is 29.3 Å². The summed E-state index contributed by atoms with van der Waals surface area (Å²) in [4.78, 5) is 14.0. The van der Waals surface area contributed by atoms with Crippen LogP contribution in [-0.2, 0) is 5.75 Å². The molecule has 2 amide bonds. The molecule has 1 aromatic carbocycles. The maximum atomic E-state index is 12.3. The van der Waals surface area contributed by atoms with Crippen LogP contribution in [0.15, 0.2) is 18.2 Å². The topological polar surface area (TPSA) is 52.6 Å². The number of benzene rings is 1. The number of thioether (sulfide) groups is 1. The van der Waals surface area contributed by atoms with Crippen LogP contribution in [0.2, 0.25) is 0 Å². The molecule has 0 aromatic heterocycles. The van der Waals surface area contributed by atoms with Crippen molar-refractivity contribution in [3.8, 4) is 0 Å². The van der Waals surface area contributed by atoms with Crippen molar-refractivity contribution in [3.63, 3.8) is 0 Å². The van der Waals surface area contributed by atoms with E-state index in [9.17, 15) is 4.79 Å². The summed E-state index contributed by atoms with van der Waals surface area (Å²) < 4.78 is 0. The second kappa shape index (κ2) is 9.74. The molecular weight excluding hydrogens is 296 g/mol. The number of rotatable bonds is 8. The van der Waals surface area contributed by atoms with Gasteiger partial charge < -0.3 is 15.3 Å². The van der Waals surface area contributed by atoms with Crippen LogP contribution in [0.25, 0.3) is 0 Å². The Balaban J connectivity index is 2.79. The number of hydrogen-bond donors (Lipinski definition) is 2. The van der Waals surface area contributed by atoms with E-state index in [0.29, 0.717) is 18.3 Å². The van der Waals surface area contributed by atoms with Crippen molar-refractivity contribution in [2.45, 2.75) is 45.1 Å². The molecule has 0 unspecified atom stereocenters. The summed E-state index contributed by atoms with van der Waals surface area (Å²) in [6.07, 6.45) is 0.872. The van der Waals surface area contributed by atoms with Crippen LogP contribution in [0.4, 0.5) is 10.5 Å². The monoisotopic (exact) mass is 324 g/mol. The highest BCUT2D eigenvalue weighted by atomic mass is 32.2. The van der Waals surface area contributed by atoms with Crippen LogP contribution in [0.5, 0.6) is 0 Å². The van der Waals surface area contributed by atoms with Gasteiger partial charge in [0, 0.05) is 24.5 Å². The van der Waals surface area contributed by atoms with Crippen LogP contribution in [0.3, 0.4) is 0 Å². The zero-order valence-electron chi connectivity index (χ0n) is 14.1. The first-order valence-electron chi connectivity index (χ1n) is 7.86. The Morgan fingerprint density at radius 3 is 2.68 bits per heavy atom. The Bertz CT molecular complexity index is 472. The molecule has 0 radical (unpaired) electrons. The number of nitrogens with zero attached hydrogens (tertiary/aromatic N) is 1. The number of aliphatic hydroxyl groups is 1. The van der Waals surface area contributed by atoms with Crippen molar-refractivity contribution >= 4 is 23.5 Å².